The number of fused-ring (bicyclic) bond motifs is 4. The minimum atomic E-state index is 0.341. The van der Waals surface area contributed by atoms with E-state index in [9.17, 15) is 0 Å². The van der Waals surface area contributed by atoms with Crippen molar-refractivity contribution in [2.75, 3.05) is 6.61 Å². The molecule has 0 aromatic heterocycles. The summed E-state index contributed by atoms with van der Waals surface area (Å²) in [6.07, 6.45) is 4.80. The molecule has 1 heterocycles. The first-order chi connectivity index (χ1) is 8.43. The number of hydrogen-bond acceptors (Lipinski definition) is 1. The predicted octanol–water partition coefficient (Wildman–Crippen LogP) is 1.96. The Kier molecular flexibility index (Phi) is 1.91. The molecule has 1 heteroatoms. The fourth-order valence-electron chi connectivity index (χ4n) is 3.12. The summed E-state index contributed by atoms with van der Waals surface area (Å²) in [7, 11) is 0. The third-order valence-electron chi connectivity index (χ3n) is 3.91. The van der Waals surface area contributed by atoms with Gasteiger partial charge in [0.2, 0.25) is 0 Å². The minimum absolute atomic E-state index is 0.341. The molecular formula is C16H14O. The topological polar surface area (TPSA) is 9.23 Å². The Morgan fingerprint density at radius 2 is 2.00 bits per heavy atom. The van der Waals surface area contributed by atoms with Crippen molar-refractivity contribution in [3.05, 3.63) is 46.8 Å². The van der Waals surface area contributed by atoms with Crippen LogP contribution in [0.1, 0.15) is 12.8 Å². The summed E-state index contributed by atoms with van der Waals surface area (Å²) in [4.78, 5) is 0. The predicted molar refractivity (Wildman–Crippen MR) is 70.0 cm³/mol. The van der Waals surface area contributed by atoms with Gasteiger partial charge in [-0.2, -0.15) is 0 Å². The molecule has 0 spiro atoms. The van der Waals surface area contributed by atoms with E-state index >= 15 is 0 Å². The van der Waals surface area contributed by atoms with Crippen molar-refractivity contribution in [2.45, 2.75) is 18.9 Å². The Labute approximate surface area is 100 Å². The zero-order valence-corrected chi connectivity index (χ0v) is 9.65. The molecule has 1 saturated heterocycles. The largest absolute Gasteiger partial charge is 0.373 e. The van der Waals surface area contributed by atoms with Gasteiger partial charge >= 0.3 is 0 Å². The van der Waals surface area contributed by atoms with Gasteiger partial charge in [0, 0.05) is 0 Å². The third kappa shape index (κ3) is 1.29. The van der Waals surface area contributed by atoms with E-state index in [1.165, 1.54) is 26.8 Å². The fraction of sp³-hybridized carbons (Fsp3) is 0.250. The van der Waals surface area contributed by atoms with Crippen LogP contribution in [0.15, 0.2) is 36.4 Å². The number of benzene rings is 2. The monoisotopic (exact) mass is 222 g/mol. The summed E-state index contributed by atoms with van der Waals surface area (Å²) in [6.45, 7) is 0.885. The van der Waals surface area contributed by atoms with E-state index in [0.717, 1.165) is 19.4 Å². The SMILES string of the molecule is C1=c2ccc3ccccc3c2=C2CCOC2C1. The Balaban J connectivity index is 2.26. The first kappa shape index (κ1) is 9.43. The van der Waals surface area contributed by atoms with Gasteiger partial charge < -0.3 is 4.74 Å². The number of rotatable bonds is 0. The molecule has 0 saturated carbocycles. The molecule has 0 N–H and O–H groups in total. The van der Waals surface area contributed by atoms with Crippen LogP contribution in [0.25, 0.3) is 22.4 Å². The smallest absolute Gasteiger partial charge is 0.0829 e. The van der Waals surface area contributed by atoms with Crippen molar-refractivity contribution in [3.8, 4) is 0 Å². The second-order valence-corrected chi connectivity index (χ2v) is 4.83. The van der Waals surface area contributed by atoms with Crippen LogP contribution in [0.5, 0.6) is 0 Å². The Bertz CT molecular complexity index is 712. The Morgan fingerprint density at radius 1 is 1.06 bits per heavy atom. The number of ether oxygens (including phenoxy) is 1. The highest BCUT2D eigenvalue weighted by Gasteiger charge is 2.24. The van der Waals surface area contributed by atoms with Crippen molar-refractivity contribution in [2.24, 2.45) is 0 Å². The van der Waals surface area contributed by atoms with Crippen LogP contribution >= 0.6 is 0 Å². The van der Waals surface area contributed by atoms with Gasteiger partial charge in [-0.15, -0.1) is 0 Å². The average molecular weight is 222 g/mol. The van der Waals surface area contributed by atoms with Crippen LogP contribution in [0.2, 0.25) is 0 Å². The lowest BCUT2D eigenvalue weighted by Crippen LogP contribution is -2.34. The molecule has 84 valence electrons. The molecule has 17 heavy (non-hydrogen) atoms. The summed E-state index contributed by atoms with van der Waals surface area (Å²) in [5, 5.41) is 5.54. The fourth-order valence-corrected chi connectivity index (χ4v) is 3.12. The quantitative estimate of drug-likeness (QED) is 0.662. The van der Waals surface area contributed by atoms with E-state index in [1.54, 1.807) is 0 Å². The van der Waals surface area contributed by atoms with E-state index in [-0.39, 0.29) is 0 Å². The molecule has 2 aromatic carbocycles. The summed E-state index contributed by atoms with van der Waals surface area (Å²) in [5.74, 6) is 0. The van der Waals surface area contributed by atoms with E-state index < -0.39 is 0 Å². The van der Waals surface area contributed by atoms with Crippen LogP contribution in [-0.2, 0) is 4.74 Å². The van der Waals surface area contributed by atoms with E-state index in [0.29, 0.717) is 6.10 Å². The maximum Gasteiger partial charge on any atom is 0.0829 e. The molecule has 1 aliphatic heterocycles. The summed E-state index contributed by atoms with van der Waals surface area (Å²) in [5.41, 5.74) is 1.51. The van der Waals surface area contributed by atoms with E-state index in [4.69, 9.17) is 4.74 Å². The maximum atomic E-state index is 5.79. The molecular weight excluding hydrogens is 208 g/mol. The average Bonchev–Trinajstić information content (AvgIpc) is 2.86. The van der Waals surface area contributed by atoms with Crippen LogP contribution in [-0.4, -0.2) is 12.7 Å². The lowest BCUT2D eigenvalue weighted by atomic mass is 9.93. The summed E-state index contributed by atoms with van der Waals surface area (Å²) < 4.78 is 5.79. The zero-order valence-electron chi connectivity index (χ0n) is 9.65. The van der Waals surface area contributed by atoms with Crippen molar-refractivity contribution >= 4 is 22.4 Å². The third-order valence-corrected chi connectivity index (χ3v) is 3.91. The Hall–Kier alpha value is -1.60. The number of hydrogen-bond donors (Lipinski definition) is 0. The van der Waals surface area contributed by atoms with E-state index in [1.807, 2.05) is 0 Å². The first-order valence-corrected chi connectivity index (χ1v) is 6.26. The summed E-state index contributed by atoms with van der Waals surface area (Å²) in [6, 6.07) is 13.1. The van der Waals surface area contributed by atoms with Crippen molar-refractivity contribution in [3.63, 3.8) is 0 Å². The molecule has 1 atom stereocenters. The molecule has 1 aliphatic carbocycles. The van der Waals surface area contributed by atoms with E-state index in [2.05, 4.69) is 42.5 Å². The molecule has 2 aromatic rings. The second kappa shape index (κ2) is 3.44. The standard InChI is InChI=1S/C16H14O/c1-2-4-13-11(3-1)5-6-12-7-8-15-14(16(12)13)9-10-17-15/h1-7,15H,8-10H2. The highest BCUT2D eigenvalue weighted by molar-refractivity contribution is 5.86. The van der Waals surface area contributed by atoms with Crippen molar-refractivity contribution < 1.29 is 4.74 Å². The molecule has 1 fully saturated rings. The highest BCUT2D eigenvalue weighted by Crippen LogP contribution is 2.25. The summed E-state index contributed by atoms with van der Waals surface area (Å²) >= 11 is 0. The lowest BCUT2D eigenvalue weighted by Gasteiger charge is -2.15. The molecule has 4 rings (SSSR count). The van der Waals surface area contributed by atoms with Crippen molar-refractivity contribution in [1.29, 1.82) is 0 Å². The maximum absolute atomic E-state index is 5.79. The molecule has 0 radical (unpaired) electrons. The molecule has 1 unspecified atom stereocenters. The van der Waals surface area contributed by atoms with Gasteiger partial charge in [0.05, 0.1) is 12.7 Å². The normalized spacial score (nSPS) is 22.1. The molecule has 0 bridgehead atoms. The second-order valence-electron chi connectivity index (χ2n) is 4.83. The van der Waals surface area contributed by atoms with Gasteiger partial charge in [-0.3, -0.25) is 0 Å². The van der Waals surface area contributed by atoms with Gasteiger partial charge in [-0.1, -0.05) is 42.5 Å². The minimum Gasteiger partial charge on any atom is -0.373 e. The van der Waals surface area contributed by atoms with Crippen LogP contribution in [0.3, 0.4) is 0 Å². The Morgan fingerprint density at radius 3 is 3.00 bits per heavy atom. The lowest BCUT2D eigenvalue weighted by molar-refractivity contribution is 0.134. The van der Waals surface area contributed by atoms with Gasteiger partial charge in [0.25, 0.3) is 0 Å². The van der Waals surface area contributed by atoms with Crippen LogP contribution in [0, 0.1) is 0 Å². The van der Waals surface area contributed by atoms with Gasteiger partial charge in [0.1, 0.15) is 0 Å². The van der Waals surface area contributed by atoms with Gasteiger partial charge in [0.15, 0.2) is 0 Å². The van der Waals surface area contributed by atoms with Crippen LogP contribution < -0.4 is 10.4 Å². The van der Waals surface area contributed by atoms with Gasteiger partial charge in [-0.05, 0) is 39.6 Å². The van der Waals surface area contributed by atoms with Crippen LogP contribution in [0.4, 0.5) is 0 Å². The molecule has 1 nitrogen and oxygen atoms in total. The highest BCUT2D eigenvalue weighted by atomic mass is 16.5. The molecule has 0 amide bonds. The zero-order chi connectivity index (χ0) is 11.2. The molecule has 2 aliphatic rings. The van der Waals surface area contributed by atoms with Gasteiger partial charge in [-0.25, -0.2) is 0 Å². The first-order valence-electron chi connectivity index (χ1n) is 6.26. The van der Waals surface area contributed by atoms with Crippen molar-refractivity contribution in [1.82, 2.24) is 0 Å².